The average Bonchev–Trinajstić information content (AvgIpc) is 2.90. The number of carbonyl (C=O) groups excluding carboxylic acids is 2. The van der Waals surface area contributed by atoms with E-state index in [1.54, 1.807) is 19.1 Å². The predicted octanol–water partition coefficient (Wildman–Crippen LogP) is 4.87. The van der Waals surface area contributed by atoms with Gasteiger partial charge >= 0.3 is 0 Å². The van der Waals surface area contributed by atoms with E-state index in [0.29, 0.717) is 23.9 Å². The topological polar surface area (TPSA) is 80.2 Å². The molecular formula is C27H26FN3O4S. The third-order valence-corrected chi connectivity index (χ3v) is 6.83. The molecule has 0 aliphatic carbocycles. The van der Waals surface area contributed by atoms with Crippen LogP contribution in [0, 0.1) is 5.82 Å². The van der Waals surface area contributed by atoms with E-state index in [4.69, 9.17) is 14.5 Å². The zero-order valence-corrected chi connectivity index (χ0v) is 20.8. The smallest absolute Gasteiger partial charge is 0.238 e. The Bertz CT molecular complexity index is 1230. The molecule has 186 valence electrons. The van der Waals surface area contributed by atoms with Gasteiger partial charge in [-0.2, -0.15) is 0 Å². The summed E-state index contributed by atoms with van der Waals surface area (Å²) in [6.45, 7) is 0.661. The SMILES string of the molecule is COc1ccc(CN=C2SC(C(=O)Nc3ccc(F)cc3)CC(=O)N2Cc2ccc(OC)cc2)cc1. The first-order valence-corrected chi connectivity index (χ1v) is 12.2. The summed E-state index contributed by atoms with van der Waals surface area (Å²) in [7, 11) is 3.20. The Hall–Kier alpha value is -3.85. The van der Waals surface area contributed by atoms with Gasteiger partial charge in [0, 0.05) is 12.1 Å². The van der Waals surface area contributed by atoms with Gasteiger partial charge in [0.15, 0.2) is 5.17 Å². The Morgan fingerprint density at radius 1 is 0.972 bits per heavy atom. The second kappa shape index (κ2) is 11.7. The molecule has 0 spiro atoms. The number of nitrogens with zero attached hydrogens (tertiary/aromatic N) is 2. The van der Waals surface area contributed by atoms with Crippen molar-refractivity contribution in [2.75, 3.05) is 19.5 Å². The van der Waals surface area contributed by atoms with Crippen molar-refractivity contribution in [2.24, 2.45) is 4.99 Å². The Balaban J connectivity index is 1.54. The van der Waals surface area contributed by atoms with Crippen LogP contribution in [0.15, 0.2) is 77.8 Å². The molecular weight excluding hydrogens is 481 g/mol. The number of hydrogen-bond acceptors (Lipinski definition) is 6. The summed E-state index contributed by atoms with van der Waals surface area (Å²) >= 11 is 1.25. The maximum Gasteiger partial charge on any atom is 0.238 e. The van der Waals surface area contributed by atoms with Gasteiger partial charge < -0.3 is 14.8 Å². The normalized spacial score (nSPS) is 16.6. The maximum atomic E-state index is 13.2. The number of benzene rings is 3. The van der Waals surface area contributed by atoms with Gasteiger partial charge in [0.25, 0.3) is 0 Å². The number of rotatable bonds is 8. The second-order valence-electron chi connectivity index (χ2n) is 8.08. The molecule has 0 bridgehead atoms. The van der Waals surface area contributed by atoms with E-state index in [-0.39, 0.29) is 18.2 Å². The van der Waals surface area contributed by atoms with Crippen LogP contribution in [-0.4, -0.2) is 41.4 Å². The van der Waals surface area contributed by atoms with Crippen LogP contribution >= 0.6 is 11.8 Å². The molecule has 1 aliphatic rings. The third-order valence-electron chi connectivity index (χ3n) is 5.60. The monoisotopic (exact) mass is 507 g/mol. The summed E-state index contributed by atoms with van der Waals surface area (Å²) in [5, 5.41) is 2.57. The largest absolute Gasteiger partial charge is 0.497 e. The van der Waals surface area contributed by atoms with Crippen molar-refractivity contribution < 1.29 is 23.5 Å². The number of amides is 2. The van der Waals surface area contributed by atoms with Crippen molar-refractivity contribution in [3.63, 3.8) is 0 Å². The zero-order chi connectivity index (χ0) is 25.5. The first-order valence-electron chi connectivity index (χ1n) is 11.3. The minimum atomic E-state index is -0.663. The van der Waals surface area contributed by atoms with E-state index in [1.807, 2.05) is 48.5 Å². The number of thioether (sulfide) groups is 1. The lowest BCUT2D eigenvalue weighted by molar-refractivity contribution is -0.129. The Morgan fingerprint density at radius 3 is 2.14 bits per heavy atom. The van der Waals surface area contributed by atoms with Crippen LogP contribution in [-0.2, 0) is 22.7 Å². The van der Waals surface area contributed by atoms with Crippen LogP contribution in [0.2, 0.25) is 0 Å². The fraction of sp³-hybridized carbons (Fsp3) is 0.222. The molecule has 4 rings (SSSR count). The Labute approximate surface area is 213 Å². The van der Waals surface area contributed by atoms with Gasteiger partial charge in [-0.15, -0.1) is 0 Å². The fourth-order valence-electron chi connectivity index (χ4n) is 3.59. The quantitative estimate of drug-likeness (QED) is 0.471. The minimum absolute atomic E-state index is 0.0232. The van der Waals surface area contributed by atoms with Crippen LogP contribution in [0.1, 0.15) is 17.5 Å². The number of carbonyl (C=O) groups is 2. The summed E-state index contributed by atoms with van der Waals surface area (Å²) in [6.07, 6.45) is 0.0232. The van der Waals surface area contributed by atoms with Crippen LogP contribution < -0.4 is 14.8 Å². The highest BCUT2D eigenvalue weighted by atomic mass is 32.2. The Morgan fingerprint density at radius 2 is 1.56 bits per heavy atom. The molecule has 3 aromatic carbocycles. The van der Waals surface area contributed by atoms with Crippen molar-refractivity contribution in [3.8, 4) is 11.5 Å². The van der Waals surface area contributed by atoms with Crippen LogP contribution in [0.25, 0.3) is 0 Å². The molecule has 3 aromatic rings. The van der Waals surface area contributed by atoms with Crippen molar-refractivity contribution in [1.29, 1.82) is 0 Å². The standard InChI is InChI=1S/C27H26FN3O4S/c1-34-22-11-3-18(4-12-22)16-29-27-31(17-19-5-13-23(35-2)14-6-19)25(32)15-24(36-27)26(33)30-21-9-7-20(28)8-10-21/h3-14,24H,15-17H2,1-2H3,(H,30,33). The van der Waals surface area contributed by atoms with Gasteiger partial charge in [-0.25, -0.2) is 4.39 Å². The molecule has 1 saturated heterocycles. The summed E-state index contributed by atoms with van der Waals surface area (Å²) in [4.78, 5) is 32.5. The number of hydrogen-bond donors (Lipinski definition) is 1. The number of aliphatic imine (C=N–C) groups is 1. The highest BCUT2D eigenvalue weighted by Gasteiger charge is 2.35. The molecule has 0 saturated carbocycles. The first kappa shape index (κ1) is 25.2. The maximum absolute atomic E-state index is 13.2. The van der Waals surface area contributed by atoms with E-state index < -0.39 is 11.1 Å². The Kier molecular flexibility index (Phi) is 8.22. The van der Waals surface area contributed by atoms with E-state index >= 15 is 0 Å². The molecule has 9 heteroatoms. The minimum Gasteiger partial charge on any atom is -0.497 e. The number of methoxy groups -OCH3 is 2. The number of anilines is 1. The van der Waals surface area contributed by atoms with Crippen LogP contribution in [0.5, 0.6) is 11.5 Å². The summed E-state index contributed by atoms with van der Waals surface area (Å²) in [5.41, 5.74) is 2.32. The van der Waals surface area contributed by atoms with Crippen molar-refractivity contribution in [3.05, 3.63) is 89.7 Å². The molecule has 36 heavy (non-hydrogen) atoms. The van der Waals surface area contributed by atoms with E-state index in [0.717, 1.165) is 22.6 Å². The van der Waals surface area contributed by atoms with Gasteiger partial charge in [-0.3, -0.25) is 19.5 Å². The molecule has 0 aromatic heterocycles. The lowest BCUT2D eigenvalue weighted by Gasteiger charge is -2.32. The molecule has 1 atom stereocenters. The average molecular weight is 508 g/mol. The molecule has 1 unspecified atom stereocenters. The summed E-state index contributed by atoms with van der Waals surface area (Å²) in [6, 6.07) is 20.5. The lowest BCUT2D eigenvalue weighted by Crippen LogP contribution is -2.45. The molecule has 1 fully saturated rings. The summed E-state index contributed by atoms with van der Waals surface area (Å²) in [5.74, 6) is 0.548. The van der Waals surface area contributed by atoms with Crippen molar-refractivity contribution >= 4 is 34.4 Å². The number of nitrogens with one attached hydrogen (secondary N) is 1. The van der Waals surface area contributed by atoms with E-state index in [2.05, 4.69) is 5.32 Å². The first-order chi connectivity index (χ1) is 17.4. The van der Waals surface area contributed by atoms with Gasteiger partial charge in [-0.1, -0.05) is 36.0 Å². The summed E-state index contributed by atoms with van der Waals surface area (Å²) < 4.78 is 23.6. The van der Waals surface area contributed by atoms with E-state index in [9.17, 15) is 14.0 Å². The van der Waals surface area contributed by atoms with Gasteiger partial charge in [0.2, 0.25) is 11.8 Å². The molecule has 1 heterocycles. The van der Waals surface area contributed by atoms with E-state index in [1.165, 1.54) is 36.0 Å². The number of ether oxygens (including phenoxy) is 2. The lowest BCUT2D eigenvalue weighted by atomic mass is 10.2. The van der Waals surface area contributed by atoms with Crippen molar-refractivity contribution in [1.82, 2.24) is 4.90 Å². The highest BCUT2D eigenvalue weighted by molar-refractivity contribution is 8.15. The van der Waals surface area contributed by atoms with Gasteiger partial charge in [0.05, 0.1) is 27.3 Å². The van der Waals surface area contributed by atoms with Gasteiger partial charge in [-0.05, 0) is 59.7 Å². The van der Waals surface area contributed by atoms with Crippen molar-refractivity contribution in [2.45, 2.75) is 24.8 Å². The second-order valence-corrected chi connectivity index (χ2v) is 9.25. The molecule has 1 N–H and O–H groups in total. The molecule has 7 nitrogen and oxygen atoms in total. The van der Waals surface area contributed by atoms with Crippen LogP contribution in [0.4, 0.5) is 10.1 Å². The molecule has 1 aliphatic heterocycles. The van der Waals surface area contributed by atoms with Gasteiger partial charge in [0.1, 0.15) is 22.6 Å². The molecule has 2 amide bonds. The third kappa shape index (κ3) is 6.42. The zero-order valence-electron chi connectivity index (χ0n) is 19.9. The highest BCUT2D eigenvalue weighted by Crippen LogP contribution is 2.30. The number of halogens is 1. The fourth-order valence-corrected chi connectivity index (χ4v) is 4.67. The number of amidine groups is 1. The predicted molar refractivity (Wildman–Crippen MR) is 139 cm³/mol. The molecule has 0 radical (unpaired) electrons. The van der Waals surface area contributed by atoms with Crippen LogP contribution in [0.3, 0.4) is 0 Å².